The number of ether oxygens (including phenoxy) is 2. The van der Waals surface area contributed by atoms with E-state index in [-0.39, 0.29) is 24.0 Å². The number of hydrogen-bond acceptors (Lipinski definition) is 2. The first kappa shape index (κ1) is 14.2. The summed E-state index contributed by atoms with van der Waals surface area (Å²) in [5.41, 5.74) is 0. The zero-order valence-electron chi connectivity index (χ0n) is 11.7. The van der Waals surface area contributed by atoms with Gasteiger partial charge >= 0.3 is 0 Å². The quantitative estimate of drug-likeness (QED) is 0.464. The largest absolute Gasteiger partial charge is 0.344 e. The Labute approximate surface area is 144 Å². The predicted molar refractivity (Wildman–Crippen MR) is 82.9 cm³/mol. The second-order valence-electron chi connectivity index (χ2n) is 7.71. The summed E-state index contributed by atoms with van der Waals surface area (Å²) in [5.74, 6) is 0.696. The van der Waals surface area contributed by atoms with Gasteiger partial charge in [-0.1, -0.05) is 23.2 Å². The van der Waals surface area contributed by atoms with Gasteiger partial charge in [0.15, 0.2) is 5.79 Å². The van der Waals surface area contributed by atoms with Crippen molar-refractivity contribution >= 4 is 46.4 Å². The first-order valence-corrected chi connectivity index (χ1v) is 9.00. The van der Waals surface area contributed by atoms with E-state index in [1.807, 2.05) is 13.8 Å². The SMILES string of the molecule is CC1(C)O[C@H]2[C@H]3C[C@@H]([C@@H]2O1)[C@@H]1[C@@H]3[C@]2(Cl)C[C@]1(Cl)C(Cl)=C2Cl. The Morgan fingerprint density at radius 1 is 0.905 bits per heavy atom. The zero-order chi connectivity index (χ0) is 14.9. The molecule has 2 nitrogen and oxygen atoms in total. The fraction of sp³-hybridized carbons (Fsp3) is 0.867. The summed E-state index contributed by atoms with van der Waals surface area (Å²) in [6, 6.07) is 0. The maximum Gasteiger partial charge on any atom is 0.163 e. The van der Waals surface area contributed by atoms with Crippen LogP contribution < -0.4 is 0 Å². The third kappa shape index (κ3) is 1.39. The third-order valence-electron chi connectivity index (χ3n) is 6.36. The van der Waals surface area contributed by atoms with Crippen molar-refractivity contribution in [3.8, 4) is 0 Å². The topological polar surface area (TPSA) is 18.5 Å². The molecule has 1 heterocycles. The van der Waals surface area contributed by atoms with Crippen molar-refractivity contribution in [2.75, 3.05) is 0 Å². The number of rotatable bonds is 0. The highest BCUT2D eigenvalue weighted by atomic mass is 35.5. The number of halogens is 4. The standard InChI is InChI=1S/C15H16Cl4O2/c1-13(2)20-9-5-3-6(10(9)21-13)8-7(5)14(18)4-15(8,19)12(17)11(14)16/h5-10H,3-4H2,1-2H3/t5-,6+,7-,8-,9+,10+,14-,15-/m1/s1. The average molecular weight is 370 g/mol. The second kappa shape index (κ2) is 3.73. The molecule has 0 aromatic carbocycles. The lowest BCUT2D eigenvalue weighted by atomic mass is 9.70. The lowest BCUT2D eigenvalue weighted by Crippen LogP contribution is -2.49. The van der Waals surface area contributed by atoms with Crippen LogP contribution in [0.25, 0.3) is 0 Å². The molecule has 0 unspecified atom stereocenters. The third-order valence-corrected chi connectivity index (χ3v) is 8.85. The minimum Gasteiger partial charge on any atom is -0.344 e. The highest BCUT2D eigenvalue weighted by Crippen LogP contribution is 2.77. The molecule has 6 heteroatoms. The van der Waals surface area contributed by atoms with Crippen LogP contribution in [-0.2, 0) is 9.47 Å². The molecule has 3 saturated carbocycles. The van der Waals surface area contributed by atoms with E-state index >= 15 is 0 Å². The fourth-order valence-corrected chi connectivity index (χ4v) is 8.06. The number of fused-ring (bicyclic) bond motifs is 12. The van der Waals surface area contributed by atoms with Crippen molar-refractivity contribution in [3.63, 3.8) is 0 Å². The maximum absolute atomic E-state index is 6.93. The molecule has 1 aliphatic heterocycles. The van der Waals surface area contributed by atoms with Crippen molar-refractivity contribution in [2.45, 2.75) is 54.4 Å². The molecule has 8 atom stereocenters. The van der Waals surface area contributed by atoms with E-state index in [4.69, 9.17) is 55.9 Å². The molecular formula is C15H16Cl4O2. The molecule has 4 fully saturated rings. The van der Waals surface area contributed by atoms with Gasteiger partial charge in [0.25, 0.3) is 0 Å². The van der Waals surface area contributed by atoms with Gasteiger partial charge in [0, 0.05) is 0 Å². The molecular weight excluding hydrogens is 354 g/mol. The molecule has 4 aliphatic carbocycles. The summed E-state index contributed by atoms with van der Waals surface area (Å²) >= 11 is 26.8. The van der Waals surface area contributed by atoms with Crippen molar-refractivity contribution < 1.29 is 9.47 Å². The summed E-state index contributed by atoms with van der Waals surface area (Å²) in [6.07, 6.45) is 1.92. The number of hydrogen-bond donors (Lipinski definition) is 0. The number of alkyl halides is 2. The molecule has 21 heavy (non-hydrogen) atoms. The Hall–Kier alpha value is 0.820. The highest BCUT2D eigenvalue weighted by molar-refractivity contribution is 6.51. The maximum atomic E-state index is 6.93. The summed E-state index contributed by atoms with van der Waals surface area (Å²) in [4.78, 5) is -1.21. The molecule has 5 rings (SSSR count). The Balaban J connectivity index is 1.63. The minimum atomic E-state index is -0.606. The van der Waals surface area contributed by atoms with Crippen LogP contribution in [0.1, 0.15) is 26.7 Å². The van der Waals surface area contributed by atoms with Crippen LogP contribution in [0.4, 0.5) is 0 Å². The summed E-state index contributed by atoms with van der Waals surface area (Å²) in [5, 5.41) is 1.12. The van der Waals surface area contributed by atoms with Gasteiger partial charge in [-0.05, 0) is 50.4 Å². The second-order valence-corrected chi connectivity index (χ2v) is 9.81. The number of allylic oxidation sites excluding steroid dienone is 2. The van der Waals surface area contributed by atoms with Gasteiger partial charge in [-0.25, -0.2) is 0 Å². The lowest BCUT2D eigenvalue weighted by molar-refractivity contribution is -0.158. The molecule has 4 bridgehead atoms. The van der Waals surface area contributed by atoms with E-state index < -0.39 is 15.5 Å². The molecule has 0 amide bonds. The fourth-order valence-electron chi connectivity index (χ4n) is 5.97. The molecule has 0 aromatic heterocycles. The Kier molecular flexibility index (Phi) is 2.52. The normalized spacial score (nSPS) is 62.6. The smallest absolute Gasteiger partial charge is 0.163 e. The summed E-state index contributed by atoms with van der Waals surface area (Å²) < 4.78 is 12.3. The predicted octanol–water partition coefficient (Wildman–Crippen LogP) is 4.45. The van der Waals surface area contributed by atoms with Crippen molar-refractivity contribution in [2.24, 2.45) is 23.7 Å². The van der Waals surface area contributed by atoms with E-state index in [0.717, 1.165) is 6.42 Å². The lowest BCUT2D eigenvalue weighted by Gasteiger charge is -2.43. The minimum absolute atomic E-state index is 0.115. The zero-order valence-corrected chi connectivity index (χ0v) is 14.7. The van der Waals surface area contributed by atoms with E-state index in [1.54, 1.807) is 0 Å². The Morgan fingerprint density at radius 2 is 1.33 bits per heavy atom. The summed E-state index contributed by atoms with van der Waals surface area (Å²) in [7, 11) is 0. The van der Waals surface area contributed by atoms with Gasteiger partial charge in [-0.3, -0.25) is 0 Å². The van der Waals surface area contributed by atoms with Crippen molar-refractivity contribution in [3.05, 3.63) is 10.1 Å². The van der Waals surface area contributed by atoms with E-state index in [2.05, 4.69) is 0 Å². The van der Waals surface area contributed by atoms with Crippen LogP contribution in [0.15, 0.2) is 10.1 Å². The monoisotopic (exact) mass is 368 g/mol. The molecule has 0 aromatic rings. The summed E-state index contributed by atoms with van der Waals surface area (Å²) in [6.45, 7) is 3.95. The Morgan fingerprint density at radius 3 is 1.76 bits per heavy atom. The van der Waals surface area contributed by atoms with Gasteiger partial charge in [-0.15, -0.1) is 23.2 Å². The van der Waals surface area contributed by atoms with Crippen molar-refractivity contribution in [1.82, 2.24) is 0 Å². The highest BCUT2D eigenvalue weighted by Gasteiger charge is 2.79. The van der Waals surface area contributed by atoms with E-state index in [0.29, 0.717) is 28.3 Å². The molecule has 116 valence electrons. The van der Waals surface area contributed by atoms with Crippen molar-refractivity contribution in [1.29, 1.82) is 0 Å². The van der Waals surface area contributed by atoms with Crippen LogP contribution in [0, 0.1) is 23.7 Å². The van der Waals surface area contributed by atoms with Crippen LogP contribution in [0.2, 0.25) is 0 Å². The van der Waals surface area contributed by atoms with Gasteiger partial charge in [0.1, 0.15) is 0 Å². The van der Waals surface area contributed by atoms with Gasteiger partial charge < -0.3 is 9.47 Å². The van der Waals surface area contributed by atoms with Crippen LogP contribution in [0.5, 0.6) is 0 Å². The van der Waals surface area contributed by atoms with Crippen LogP contribution in [-0.4, -0.2) is 27.7 Å². The van der Waals surface area contributed by atoms with E-state index in [9.17, 15) is 0 Å². The Bertz CT molecular complexity index is 544. The van der Waals surface area contributed by atoms with Gasteiger partial charge in [0.2, 0.25) is 0 Å². The molecule has 1 saturated heterocycles. The van der Waals surface area contributed by atoms with Gasteiger partial charge in [0.05, 0.1) is 32.0 Å². The first-order valence-electron chi connectivity index (χ1n) is 7.49. The first-order chi connectivity index (χ1) is 9.69. The van der Waals surface area contributed by atoms with E-state index in [1.165, 1.54) is 0 Å². The van der Waals surface area contributed by atoms with Crippen LogP contribution in [0.3, 0.4) is 0 Å². The molecule has 0 spiro atoms. The molecule has 0 radical (unpaired) electrons. The van der Waals surface area contributed by atoms with Gasteiger partial charge in [-0.2, -0.15) is 0 Å². The molecule has 5 aliphatic rings. The molecule has 0 N–H and O–H groups in total. The average Bonchev–Trinajstić information content (AvgIpc) is 3.07. The van der Waals surface area contributed by atoms with Crippen LogP contribution >= 0.6 is 46.4 Å².